The molecule has 1 aliphatic heterocycles. The fraction of sp³-hybridized carbons (Fsp3) is 0.300. The standard InChI is InChI=1S/C20H22N6O2/c1-2-28-17-5-3-16(4-6-17)20(27)25-13-11-24(12-14-25)18-7-8-19(23-22-18)26-10-9-21-15-26/h3-10,15H,2,11-14H2,1H3. The Morgan fingerprint density at radius 1 is 1.00 bits per heavy atom. The van der Waals surface area contributed by atoms with Gasteiger partial charge >= 0.3 is 0 Å². The number of piperazine rings is 1. The summed E-state index contributed by atoms with van der Waals surface area (Å²) in [4.78, 5) is 20.8. The number of ether oxygens (including phenoxy) is 1. The highest BCUT2D eigenvalue weighted by Crippen LogP contribution is 2.17. The second kappa shape index (κ2) is 8.08. The molecule has 0 atom stereocenters. The Morgan fingerprint density at radius 2 is 1.71 bits per heavy atom. The molecule has 8 nitrogen and oxygen atoms in total. The van der Waals surface area contributed by atoms with Gasteiger partial charge in [0.05, 0.1) is 6.61 Å². The molecule has 144 valence electrons. The van der Waals surface area contributed by atoms with E-state index >= 15 is 0 Å². The van der Waals surface area contributed by atoms with Crippen LogP contribution in [0.15, 0.2) is 55.1 Å². The maximum Gasteiger partial charge on any atom is 0.253 e. The summed E-state index contributed by atoms with van der Waals surface area (Å²) < 4.78 is 7.24. The molecule has 2 aromatic heterocycles. The molecule has 1 aromatic carbocycles. The molecule has 0 spiro atoms. The number of anilines is 1. The number of benzene rings is 1. The molecule has 1 saturated heterocycles. The van der Waals surface area contributed by atoms with Gasteiger partial charge < -0.3 is 14.5 Å². The first kappa shape index (κ1) is 18.0. The van der Waals surface area contributed by atoms with Gasteiger partial charge in [-0.25, -0.2) is 4.98 Å². The Hall–Kier alpha value is -3.42. The molecule has 1 fully saturated rings. The number of carbonyl (C=O) groups is 1. The molecule has 4 rings (SSSR count). The lowest BCUT2D eigenvalue weighted by Gasteiger charge is -2.35. The number of imidazole rings is 1. The van der Waals surface area contributed by atoms with E-state index in [1.165, 1.54) is 0 Å². The fourth-order valence-corrected chi connectivity index (χ4v) is 3.20. The van der Waals surface area contributed by atoms with Crippen molar-refractivity contribution in [2.45, 2.75) is 6.92 Å². The highest BCUT2D eigenvalue weighted by Gasteiger charge is 2.23. The lowest BCUT2D eigenvalue weighted by molar-refractivity contribution is 0.0746. The molecule has 0 radical (unpaired) electrons. The van der Waals surface area contributed by atoms with Crippen LogP contribution in [0.3, 0.4) is 0 Å². The minimum Gasteiger partial charge on any atom is -0.494 e. The predicted octanol–water partition coefficient (Wildman–Crippen LogP) is 2.02. The van der Waals surface area contributed by atoms with Crippen molar-refractivity contribution < 1.29 is 9.53 Å². The zero-order chi connectivity index (χ0) is 19.3. The summed E-state index contributed by atoms with van der Waals surface area (Å²) in [5, 5.41) is 8.58. The van der Waals surface area contributed by atoms with Crippen LogP contribution in [0, 0.1) is 0 Å². The number of amides is 1. The largest absolute Gasteiger partial charge is 0.494 e. The van der Waals surface area contributed by atoms with Crippen LogP contribution in [0.4, 0.5) is 5.82 Å². The van der Waals surface area contributed by atoms with Crippen LogP contribution in [0.2, 0.25) is 0 Å². The lowest BCUT2D eigenvalue weighted by atomic mass is 10.1. The molecule has 0 unspecified atom stereocenters. The summed E-state index contributed by atoms with van der Waals surface area (Å²) in [7, 11) is 0. The first-order valence-electron chi connectivity index (χ1n) is 9.34. The van der Waals surface area contributed by atoms with Crippen molar-refractivity contribution in [1.29, 1.82) is 0 Å². The number of hydrogen-bond acceptors (Lipinski definition) is 6. The van der Waals surface area contributed by atoms with Gasteiger partial charge in [0.15, 0.2) is 11.6 Å². The van der Waals surface area contributed by atoms with Crippen LogP contribution in [0.1, 0.15) is 17.3 Å². The van der Waals surface area contributed by atoms with E-state index in [9.17, 15) is 4.79 Å². The smallest absolute Gasteiger partial charge is 0.253 e. The zero-order valence-corrected chi connectivity index (χ0v) is 15.7. The minimum atomic E-state index is 0.0456. The average molecular weight is 378 g/mol. The van der Waals surface area contributed by atoms with E-state index in [2.05, 4.69) is 20.1 Å². The maximum absolute atomic E-state index is 12.7. The SMILES string of the molecule is CCOc1ccc(C(=O)N2CCN(c3ccc(-n4ccnc4)nn3)CC2)cc1. The average Bonchev–Trinajstić information content (AvgIpc) is 3.29. The normalized spacial score (nSPS) is 14.2. The van der Waals surface area contributed by atoms with E-state index in [0.29, 0.717) is 25.3 Å². The quantitative estimate of drug-likeness (QED) is 0.676. The Balaban J connectivity index is 1.35. The third-order valence-corrected chi connectivity index (χ3v) is 4.71. The molecular formula is C20H22N6O2. The molecule has 3 aromatic rings. The maximum atomic E-state index is 12.7. The Kier molecular flexibility index (Phi) is 5.18. The number of rotatable bonds is 5. The van der Waals surface area contributed by atoms with E-state index in [0.717, 1.165) is 30.5 Å². The van der Waals surface area contributed by atoms with E-state index in [-0.39, 0.29) is 5.91 Å². The Morgan fingerprint density at radius 3 is 2.32 bits per heavy atom. The van der Waals surface area contributed by atoms with E-state index in [1.54, 1.807) is 12.5 Å². The van der Waals surface area contributed by atoms with Crippen molar-refractivity contribution in [3.8, 4) is 11.6 Å². The fourth-order valence-electron chi connectivity index (χ4n) is 3.20. The molecule has 0 aliphatic carbocycles. The summed E-state index contributed by atoms with van der Waals surface area (Å²) in [6, 6.07) is 11.2. The van der Waals surface area contributed by atoms with Crippen LogP contribution in [-0.2, 0) is 0 Å². The lowest BCUT2D eigenvalue weighted by Crippen LogP contribution is -2.49. The van der Waals surface area contributed by atoms with Crippen LogP contribution < -0.4 is 9.64 Å². The van der Waals surface area contributed by atoms with Gasteiger partial charge in [0, 0.05) is 44.1 Å². The second-order valence-electron chi connectivity index (χ2n) is 6.46. The van der Waals surface area contributed by atoms with Gasteiger partial charge in [0.25, 0.3) is 5.91 Å². The van der Waals surface area contributed by atoms with Crippen LogP contribution in [-0.4, -0.2) is 63.3 Å². The molecule has 3 heterocycles. The van der Waals surface area contributed by atoms with E-state index < -0.39 is 0 Å². The van der Waals surface area contributed by atoms with Crippen molar-refractivity contribution in [1.82, 2.24) is 24.6 Å². The van der Waals surface area contributed by atoms with Crippen molar-refractivity contribution in [2.75, 3.05) is 37.7 Å². The summed E-state index contributed by atoms with van der Waals surface area (Å²) >= 11 is 0. The highest BCUT2D eigenvalue weighted by molar-refractivity contribution is 5.94. The van der Waals surface area contributed by atoms with Gasteiger partial charge in [0.1, 0.15) is 12.1 Å². The van der Waals surface area contributed by atoms with Crippen molar-refractivity contribution in [3.05, 3.63) is 60.7 Å². The zero-order valence-electron chi connectivity index (χ0n) is 15.7. The van der Waals surface area contributed by atoms with Gasteiger partial charge in [-0.15, -0.1) is 10.2 Å². The molecule has 0 N–H and O–H groups in total. The summed E-state index contributed by atoms with van der Waals surface area (Å²) in [6.45, 7) is 5.30. The Bertz CT molecular complexity index is 901. The summed E-state index contributed by atoms with van der Waals surface area (Å²) in [6.07, 6.45) is 5.22. The van der Waals surface area contributed by atoms with Gasteiger partial charge in [0.2, 0.25) is 0 Å². The summed E-state index contributed by atoms with van der Waals surface area (Å²) in [5.74, 6) is 2.37. The number of hydrogen-bond donors (Lipinski definition) is 0. The van der Waals surface area contributed by atoms with Gasteiger partial charge in [-0.05, 0) is 43.3 Å². The van der Waals surface area contributed by atoms with Crippen LogP contribution in [0.5, 0.6) is 5.75 Å². The molecule has 0 saturated carbocycles. The first-order valence-corrected chi connectivity index (χ1v) is 9.34. The second-order valence-corrected chi connectivity index (χ2v) is 6.46. The van der Waals surface area contributed by atoms with Gasteiger partial charge in [-0.1, -0.05) is 0 Å². The number of nitrogens with zero attached hydrogens (tertiary/aromatic N) is 6. The highest BCUT2D eigenvalue weighted by atomic mass is 16.5. The van der Waals surface area contributed by atoms with Crippen molar-refractivity contribution >= 4 is 11.7 Å². The Labute approximate surface area is 163 Å². The molecular weight excluding hydrogens is 356 g/mol. The third-order valence-electron chi connectivity index (χ3n) is 4.71. The van der Waals surface area contributed by atoms with Crippen LogP contribution in [0.25, 0.3) is 5.82 Å². The van der Waals surface area contributed by atoms with Gasteiger partial charge in [-0.3, -0.25) is 9.36 Å². The first-order chi connectivity index (χ1) is 13.7. The summed E-state index contributed by atoms with van der Waals surface area (Å²) in [5.41, 5.74) is 0.682. The van der Waals surface area contributed by atoms with E-state index in [4.69, 9.17) is 4.74 Å². The number of aromatic nitrogens is 4. The molecule has 8 heteroatoms. The van der Waals surface area contributed by atoms with Crippen LogP contribution >= 0.6 is 0 Å². The monoisotopic (exact) mass is 378 g/mol. The topological polar surface area (TPSA) is 76.4 Å². The predicted molar refractivity (Wildman–Crippen MR) is 105 cm³/mol. The van der Waals surface area contributed by atoms with Crippen molar-refractivity contribution in [2.24, 2.45) is 0 Å². The van der Waals surface area contributed by atoms with Crippen molar-refractivity contribution in [3.63, 3.8) is 0 Å². The minimum absolute atomic E-state index is 0.0456. The van der Waals surface area contributed by atoms with Gasteiger partial charge in [-0.2, -0.15) is 0 Å². The molecule has 1 aliphatic rings. The van der Waals surface area contributed by atoms with E-state index in [1.807, 2.05) is 59.0 Å². The third kappa shape index (κ3) is 3.80. The molecule has 28 heavy (non-hydrogen) atoms. The molecule has 0 bridgehead atoms. The molecule has 1 amide bonds. The number of carbonyl (C=O) groups excluding carboxylic acids is 1.